The number of carbonyl (C=O) groups excluding carboxylic acids is 1. The van der Waals surface area contributed by atoms with Crippen LogP contribution < -0.4 is 14.8 Å². The van der Waals surface area contributed by atoms with E-state index in [1.807, 2.05) is 80.6 Å². The Kier molecular flexibility index (Phi) is 10.1. The number of carboxylic acids is 1. The summed E-state index contributed by atoms with van der Waals surface area (Å²) in [6.07, 6.45) is 1.01. The number of amides is 1. The number of hydrogen-bond acceptors (Lipinski definition) is 4. The number of carboxylic acid groups (broad SMARTS) is 1. The van der Waals surface area contributed by atoms with E-state index in [1.54, 1.807) is 6.07 Å². The molecule has 1 atom stereocenters. The molecule has 6 nitrogen and oxygen atoms in total. The molecule has 196 valence electrons. The zero-order chi connectivity index (χ0) is 26.8. The van der Waals surface area contributed by atoms with Crippen molar-refractivity contribution in [1.82, 2.24) is 5.32 Å². The number of nitrogens with one attached hydrogen (secondary N) is 1. The molecule has 3 aromatic rings. The van der Waals surface area contributed by atoms with E-state index in [1.165, 1.54) is 0 Å². The number of aryl methyl sites for hydroxylation is 1. The molecular weight excluding hydrogens is 466 g/mol. The van der Waals surface area contributed by atoms with E-state index in [0.29, 0.717) is 23.7 Å². The molecule has 0 saturated heterocycles. The van der Waals surface area contributed by atoms with E-state index in [4.69, 9.17) is 9.47 Å². The highest BCUT2D eigenvalue weighted by atomic mass is 16.5. The fraction of sp³-hybridized carbons (Fsp3) is 0.355. The van der Waals surface area contributed by atoms with Gasteiger partial charge in [-0.1, -0.05) is 56.3 Å². The molecule has 0 heterocycles. The van der Waals surface area contributed by atoms with Crippen molar-refractivity contribution in [2.45, 2.75) is 65.7 Å². The molecule has 3 rings (SSSR count). The molecule has 0 spiro atoms. The molecule has 0 bridgehead atoms. The van der Waals surface area contributed by atoms with Crippen molar-refractivity contribution in [3.8, 4) is 11.5 Å². The smallest absolute Gasteiger partial charge is 0.303 e. The second-order valence-corrected chi connectivity index (χ2v) is 9.88. The van der Waals surface area contributed by atoms with Crippen LogP contribution in [0, 0.1) is 5.92 Å². The summed E-state index contributed by atoms with van der Waals surface area (Å²) in [5.41, 5.74) is 2.97. The standard InChI is InChI=1S/C31H37NO5/c1-21(2)17-29(25-9-8-12-27(19-25)37-22(3)4)32-31(35)28-18-23(13-14-24(28)15-16-30(33)34)20-36-26-10-6-5-7-11-26/h5-14,18-19,21-22,29H,15-17,20H2,1-4H3,(H,32,35)(H,33,34). The van der Waals surface area contributed by atoms with Crippen LogP contribution in [0.4, 0.5) is 0 Å². The molecular formula is C31H37NO5. The van der Waals surface area contributed by atoms with Crippen LogP contribution in [0.25, 0.3) is 0 Å². The Morgan fingerprint density at radius 3 is 2.30 bits per heavy atom. The molecule has 6 heteroatoms. The van der Waals surface area contributed by atoms with Gasteiger partial charge in [0.25, 0.3) is 5.91 Å². The third-order valence-corrected chi connectivity index (χ3v) is 5.82. The Bertz CT molecular complexity index is 1170. The lowest BCUT2D eigenvalue weighted by Crippen LogP contribution is -2.30. The molecule has 37 heavy (non-hydrogen) atoms. The minimum Gasteiger partial charge on any atom is -0.491 e. The Morgan fingerprint density at radius 1 is 0.892 bits per heavy atom. The number of hydrogen-bond donors (Lipinski definition) is 2. The first kappa shape index (κ1) is 27.8. The van der Waals surface area contributed by atoms with Gasteiger partial charge in [0.1, 0.15) is 18.1 Å². The van der Waals surface area contributed by atoms with E-state index in [0.717, 1.165) is 29.0 Å². The van der Waals surface area contributed by atoms with E-state index >= 15 is 0 Å². The Hall–Kier alpha value is -3.80. The Labute approximate surface area is 219 Å². The second kappa shape index (κ2) is 13.5. The first-order chi connectivity index (χ1) is 17.7. The summed E-state index contributed by atoms with van der Waals surface area (Å²) in [7, 11) is 0. The van der Waals surface area contributed by atoms with Gasteiger partial charge in [0, 0.05) is 12.0 Å². The third kappa shape index (κ3) is 8.98. The Balaban J connectivity index is 1.87. The monoisotopic (exact) mass is 503 g/mol. The summed E-state index contributed by atoms with van der Waals surface area (Å²) < 4.78 is 11.7. The van der Waals surface area contributed by atoms with Gasteiger partial charge in [-0.05, 0) is 79.6 Å². The van der Waals surface area contributed by atoms with Crippen LogP contribution in [0.1, 0.15) is 73.6 Å². The highest BCUT2D eigenvalue weighted by molar-refractivity contribution is 5.96. The highest BCUT2D eigenvalue weighted by Gasteiger charge is 2.21. The average molecular weight is 504 g/mol. The number of aliphatic carboxylic acids is 1. The van der Waals surface area contributed by atoms with Crippen molar-refractivity contribution in [2.75, 3.05) is 0 Å². The van der Waals surface area contributed by atoms with Crippen LogP contribution in [0.2, 0.25) is 0 Å². The van der Waals surface area contributed by atoms with Gasteiger partial charge in [0.05, 0.1) is 12.1 Å². The predicted octanol–water partition coefficient (Wildman–Crippen LogP) is 6.59. The number of ether oxygens (including phenoxy) is 2. The van der Waals surface area contributed by atoms with E-state index in [-0.39, 0.29) is 30.9 Å². The third-order valence-electron chi connectivity index (χ3n) is 5.82. The highest BCUT2D eigenvalue weighted by Crippen LogP contribution is 2.27. The van der Waals surface area contributed by atoms with Gasteiger partial charge in [-0.25, -0.2) is 0 Å². The van der Waals surface area contributed by atoms with Crippen molar-refractivity contribution in [3.63, 3.8) is 0 Å². The maximum atomic E-state index is 13.6. The molecule has 2 N–H and O–H groups in total. The quantitative estimate of drug-likeness (QED) is 0.275. The van der Waals surface area contributed by atoms with Crippen LogP contribution in [-0.4, -0.2) is 23.1 Å². The van der Waals surface area contributed by atoms with Crippen LogP contribution in [0.3, 0.4) is 0 Å². The molecule has 1 unspecified atom stereocenters. The first-order valence-corrected chi connectivity index (χ1v) is 12.8. The summed E-state index contributed by atoms with van der Waals surface area (Å²) in [6, 6.07) is 22.6. The molecule has 1 amide bonds. The largest absolute Gasteiger partial charge is 0.491 e. The van der Waals surface area contributed by atoms with Gasteiger partial charge < -0.3 is 19.9 Å². The van der Waals surface area contributed by atoms with Gasteiger partial charge in [-0.15, -0.1) is 0 Å². The summed E-state index contributed by atoms with van der Waals surface area (Å²) in [6.45, 7) is 8.49. The molecule has 0 radical (unpaired) electrons. The molecule has 0 fully saturated rings. The molecule has 0 aliphatic heterocycles. The number of benzene rings is 3. The SMILES string of the molecule is CC(C)CC(NC(=O)c1cc(COc2ccccc2)ccc1CCC(=O)O)c1cccc(OC(C)C)c1. The van der Waals surface area contributed by atoms with Crippen LogP contribution in [-0.2, 0) is 17.8 Å². The van der Waals surface area contributed by atoms with Gasteiger partial charge in [-0.3, -0.25) is 9.59 Å². The molecule has 3 aromatic carbocycles. The maximum absolute atomic E-state index is 13.6. The minimum absolute atomic E-state index is 0.0472. The van der Waals surface area contributed by atoms with Crippen LogP contribution >= 0.6 is 0 Å². The average Bonchev–Trinajstić information content (AvgIpc) is 2.86. The van der Waals surface area contributed by atoms with Crippen molar-refractivity contribution in [1.29, 1.82) is 0 Å². The summed E-state index contributed by atoms with van der Waals surface area (Å²) in [4.78, 5) is 24.9. The van der Waals surface area contributed by atoms with Gasteiger partial charge in [0.15, 0.2) is 0 Å². The molecule has 0 aliphatic rings. The fourth-order valence-corrected chi connectivity index (χ4v) is 4.13. The fourth-order valence-electron chi connectivity index (χ4n) is 4.13. The van der Waals surface area contributed by atoms with Crippen LogP contribution in [0.15, 0.2) is 72.8 Å². The van der Waals surface area contributed by atoms with Crippen molar-refractivity contribution in [3.05, 3.63) is 95.1 Å². The van der Waals surface area contributed by atoms with Crippen molar-refractivity contribution < 1.29 is 24.2 Å². The number of rotatable bonds is 13. The van der Waals surface area contributed by atoms with E-state index < -0.39 is 5.97 Å². The van der Waals surface area contributed by atoms with E-state index in [9.17, 15) is 14.7 Å². The predicted molar refractivity (Wildman–Crippen MR) is 145 cm³/mol. The molecule has 0 saturated carbocycles. The van der Waals surface area contributed by atoms with Crippen molar-refractivity contribution >= 4 is 11.9 Å². The lowest BCUT2D eigenvalue weighted by atomic mass is 9.95. The topological polar surface area (TPSA) is 84.9 Å². The summed E-state index contributed by atoms with van der Waals surface area (Å²) in [5, 5.41) is 12.4. The molecule has 0 aliphatic carbocycles. The normalized spacial score (nSPS) is 11.8. The maximum Gasteiger partial charge on any atom is 0.303 e. The number of carbonyl (C=O) groups is 2. The lowest BCUT2D eigenvalue weighted by molar-refractivity contribution is -0.136. The summed E-state index contributed by atoms with van der Waals surface area (Å²) in [5.74, 6) is 0.712. The first-order valence-electron chi connectivity index (χ1n) is 12.8. The van der Waals surface area contributed by atoms with Gasteiger partial charge in [-0.2, -0.15) is 0 Å². The number of para-hydroxylation sites is 1. The van der Waals surface area contributed by atoms with Gasteiger partial charge >= 0.3 is 5.97 Å². The zero-order valence-corrected chi connectivity index (χ0v) is 22.1. The van der Waals surface area contributed by atoms with Gasteiger partial charge in [0.2, 0.25) is 0 Å². The molecule has 0 aromatic heterocycles. The van der Waals surface area contributed by atoms with Crippen molar-refractivity contribution in [2.24, 2.45) is 5.92 Å². The lowest BCUT2D eigenvalue weighted by Gasteiger charge is -2.23. The minimum atomic E-state index is -0.900. The summed E-state index contributed by atoms with van der Waals surface area (Å²) >= 11 is 0. The van der Waals surface area contributed by atoms with E-state index in [2.05, 4.69) is 19.2 Å². The second-order valence-electron chi connectivity index (χ2n) is 9.88. The Morgan fingerprint density at radius 2 is 1.62 bits per heavy atom. The zero-order valence-electron chi connectivity index (χ0n) is 22.1. The van der Waals surface area contributed by atoms with Crippen LogP contribution in [0.5, 0.6) is 11.5 Å².